The topological polar surface area (TPSA) is 34.9 Å². The third-order valence-corrected chi connectivity index (χ3v) is 2.70. The molecule has 0 saturated carbocycles. The van der Waals surface area contributed by atoms with Crippen LogP contribution in [0.1, 0.15) is 19.8 Å². The zero-order chi connectivity index (χ0) is 12.1. The lowest BCUT2D eigenvalue weighted by Crippen LogP contribution is -2.22. The largest absolute Gasteiger partial charge is 0.348 e. The SMILES string of the molecule is CCCCn1ccc(-c2ccccc2)nc1=O. The molecule has 0 atom stereocenters. The normalized spacial score (nSPS) is 10.4. The van der Waals surface area contributed by atoms with Crippen molar-refractivity contribution in [3.05, 3.63) is 53.1 Å². The number of benzene rings is 1. The number of rotatable bonds is 4. The van der Waals surface area contributed by atoms with E-state index in [0.717, 1.165) is 30.6 Å². The van der Waals surface area contributed by atoms with E-state index in [1.807, 2.05) is 42.6 Å². The van der Waals surface area contributed by atoms with Gasteiger partial charge in [-0.25, -0.2) is 4.79 Å². The van der Waals surface area contributed by atoms with Crippen LogP contribution in [0.25, 0.3) is 11.3 Å². The Morgan fingerprint density at radius 1 is 1.18 bits per heavy atom. The third-order valence-electron chi connectivity index (χ3n) is 2.70. The van der Waals surface area contributed by atoms with Crippen LogP contribution < -0.4 is 5.69 Å². The van der Waals surface area contributed by atoms with Gasteiger partial charge in [-0.1, -0.05) is 43.7 Å². The van der Waals surface area contributed by atoms with Crippen molar-refractivity contribution in [2.45, 2.75) is 26.3 Å². The van der Waals surface area contributed by atoms with Crippen molar-refractivity contribution in [1.29, 1.82) is 0 Å². The summed E-state index contributed by atoms with van der Waals surface area (Å²) in [5, 5.41) is 0. The van der Waals surface area contributed by atoms with Gasteiger partial charge < -0.3 is 0 Å². The van der Waals surface area contributed by atoms with E-state index in [2.05, 4.69) is 11.9 Å². The Morgan fingerprint density at radius 3 is 2.59 bits per heavy atom. The van der Waals surface area contributed by atoms with Gasteiger partial charge in [0.05, 0.1) is 5.69 Å². The summed E-state index contributed by atoms with van der Waals surface area (Å²) in [7, 11) is 0. The molecular formula is C14H16N2O. The number of nitrogens with zero attached hydrogens (tertiary/aromatic N) is 2. The van der Waals surface area contributed by atoms with Gasteiger partial charge in [-0.05, 0) is 12.5 Å². The third kappa shape index (κ3) is 2.81. The summed E-state index contributed by atoms with van der Waals surface area (Å²) in [4.78, 5) is 15.9. The van der Waals surface area contributed by atoms with E-state index >= 15 is 0 Å². The molecule has 17 heavy (non-hydrogen) atoms. The molecule has 0 bridgehead atoms. The van der Waals surface area contributed by atoms with Crippen LogP contribution in [0.15, 0.2) is 47.4 Å². The quantitative estimate of drug-likeness (QED) is 0.806. The van der Waals surface area contributed by atoms with Gasteiger partial charge in [-0.3, -0.25) is 4.57 Å². The molecule has 3 heteroatoms. The molecule has 0 aliphatic carbocycles. The molecule has 1 heterocycles. The Kier molecular flexibility index (Phi) is 3.70. The van der Waals surface area contributed by atoms with Gasteiger partial charge in [0, 0.05) is 18.3 Å². The maximum atomic E-state index is 11.8. The molecule has 0 N–H and O–H groups in total. The highest BCUT2D eigenvalue weighted by Crippen LogP contribution is 2.13. The van der Waals surface area contributed by atoms with E-state index in [1.165, 1.54) is 0 Å². The molecule has 0 aliphatic rings. The summed E-state index contributed by atoms with van der Waals surface area (Å²) in [5.41, 5.74) is 1.55. The Bertz CT molecular complexity index is 531. The van der Waals surface area contributed by atoms with E-state index in [4.69, 9.17) is 0 Å². The van der Waals surface area contributed by atoms with Crippen molar-refractivity contribution in [2.24, 2.45) is 0 Å². The maximum Gasteiger partial charge on any atom is 0.348 e. The number of hydrogen-bond acceptors (Lipinski definition) is 2. The second-order valence-corrected chi connectivity index (χ2v) is 4.01. The Morgan fingerprint density at radius 2 is 1.94 bits per heavy atom. The van der Waals surface area contributed by atoms with E-state index in [1.54, 1.807) is 4.57 Å². The summed E-state index contributed by atoms with van der Waals surface area (Å²) >= 11 is 0. The molecule has 2 rings (SSSR count). The van der Waals surface area contributed by atoms with Gasteiger partial charge in [0.25, 0.3) is 0 Å². The summed E-state index contributed by atoms with van der Waals surface area (Å²) in [6.07, 6.45) is 3.91. The van der Waals surface area contributed by atoms with Crippen LogP contribution in [0.3, 0.4) is 0 Å². The zero-order valence-electron chi connectivity index (χ0n) is 9.97. The van der Waals surface area contributed by atoms with Crippen LogP contribution in [0, 0.1) is 0 Å². The molecule has 1 aromatic carbocycles. The first-order valence-electron chi connectivity index (χ1n) is 5.94. The van der Waals surface area contributed by atoms with E-state index in [0.29, 0.717) is 0 Å². The fourth-order valence-electron chi connectivity index (χ4n) is 1.70. The number of unbranched alkanes of at least 4 members (excludes halogenated alkanes) is 1. The van der Waals surface area contributed by atoms with E-state index in [9.17, 15) is 4.79 Å². The zero-order valence-corrected chi connectivity index (χ0v) is 9.97. The first kappa shape index (κ1) is 11.6. The van der Waals surface area contributed by atoms with Crippen LogP contribution in [0.5, 0.6) is 0 Å². The van der Waals surface area contributed by atoms with Crippen molar-refractivity contribution < 1.29 is 0 Å². The molecular weight excluding hydrogens is 212 g/mol. The fraction of sp³-hybridized carbons (Fsp3) is 0.286. The molecule has 0 aliphatic heterocycles. The minimum Gasteiger partial charge on any atom is -0.299 e. The number of aryl methyl sites for hydroxylation is 1. The molecule has 0 unspecified atom stereocenters. The highest BCUT2D eigenvalue weighted by atomic mass is 16.1. The van der Waals surface area contributed by atoms with Crippen molar-refractivity contribution in [3.63, 3.8) is 0 Å². The molecule has 88 valence electrons. The van der Waals surface area contributed by atoms with Gasteiger partial charge in [0.2, 0.25) is 0 Å². The van der Waals surface area contributed by atoms with E-state index in [-0.39, 0.29) is 5.69 Å². The van der Waals surface area contributed by atoms with Crippen molar-refractivity contribution >= 4 is 0 Å². The highest BCUT2D eigenvalue weighted by molar-refractivity contribution is 5.57. The second kappa shape index (κ2) is 5.43. The lowest BCUT2D eigenvalue weighted by Gasteiger charge is -2.05. The number of aromatic nitrogens is 2. The van der Waals surface area contributed by atoms with Crippen molar-refractivity contribution in [1.82, 2.24) is 9.55 Å². The van der Waals surface area contributed by atoms with Crippen LogP contribution in [-0.2, 0) is 6.54 Å². The predicted octanol–water partition coefficient (Wildman–Crippen LogP) is 2.71. The molecule has 0 spiro atoms. The van der Waals surface area contributed by atoms with Gasteiger partial charge in [-0.15, -0.1) is 0 Å². The minimum atomic E-state index is -0.167. The van der Waals surface area contributed by atoms with Crippen LogP contribution >= 0.6 is 0 Å². The van der Waals surface area contributed by atoms with E-state index < -0.39 is 0 Å². The monoisotopic (exact) mass is 228 g/mol. The molecule has 0 fully saturated rings. The molecule has 0 radical (unpaired) electrons. The van der Waals surface area contributed by atoms with Crippen molar-refractivity contribution in [2.75, 3.05) is 0 Å². The average molecular weight is 228 g/mol. The average Bonchev–Trinajstić information content (AvgIpc) is 2.38. The van der Waals surface area contributed by atoms with Gasteiger partial charge in [0.15, 0.2) is 0 Å². The fourth-order valence-corrected chi connectivity index (χ4v) is 1.70. The molecule has 1 aromatic heterocycles. The van der Waals surface area contributed by atoms with Gasteiger partial charge in [0.1, 0.15) is 0 Å². The summed E-state index contributed by atoms with van der Waals surface area (Å²) < 4.78 is 1.66. The first-order valence-corrected chi connectivity index (χ1v) is 5.94. The lowest BCUT2D eigenvalue weighted by atomic mass is 10.1. The number of hydrogen-bond donors (Lipinski definition) is 0. The predicted molar refractivity (Wildman–Crippen MR) is 68.8 cm³/mol. The Labute approximate surface area is 101 Å². The molecule has 0 saturated heterocycles. The van der Waals surface area contributed by atoms with Crippen LogP contribution in [0.4, 0.5) is 0 Å². The summed E-state index contributed by atoms with van der Waals surface area (Å²) in [5.74, 6) is 0. The van der Waals surface area contributed by atoms with Crippen LogP contribution in [-0.4, -0.2) is 9.55 Å². The smallest absolute Gasteiger partial charge is 0.299 e. The Hall–Kier alpha value is -1.90. The molecule has 0 amide bonds. The van der Waals surface area contributed by atoms with Crippen LogP contribution in [0.2, 0.25) is 0 Å². The van der Waals surface area contributed by atoms with Gasteiger partial charge >= 0.3 is 5.69 Å². The van der Waals surface area contributed by atoms with Crippen molar-refractivity contribution in [3.8, 4) is 11.3 Å². The molecule has 2 aromatic rings. The first-order chi connectivity index (χ1) is 8.31. The summed E-state index contributed by atoms with van der Waals surface area (Å²) in [6.45, 7) is 2.86. The summed E-state index contributed by atoms with van der Waals surface area (Å²) in [6, 6.07) is 11.6. The standard InChI is InChI=1S/C14H16N2O/c1-2-3-10-16-11-9-13(15-14(16)17)12-7-5-4-6-8-12/h4-9,11H,2-3,10H2,1H3. The Balaban J connectivity index is 2.28. The minimum absolute atomic E-state index is 0.167. The molecule has 3 nitrogen and oxygen atoms in total. The second-order valence-electron chi connectivity index (χ2n) is 4.01. The lowest BCUT2D eigenvalue weighted by molar-refractivity contribution is 0.600. The van der Waals surface area contributed by atoms with Gasteiger partial charge in [-0.2, -0.15) is 4.98 Å². The maximum absolute atomic E-state index is 11.8. The highest BCUT2D eigenvalue weighted by Gasteiger charge is 2.01.